The van der Waals surface area contributed by atoms with E-state index in [4.69, 9.17) is 9.47 Å². The van der Waals surface area contributed by atoms with Gasteiger partial charge in [-0.3, -0.25) is 10.1 Å². The molecule has 3 saturated carbocycles. The number of nitro groups is 1. The van der Waals surface area contributed by atoms with Gasteiger partial charge in [0.05, 0.1) is 18.1 Å². The van der Waals surface area contributed by atoms with Crippen molar-refractivity contribution >= 4 is 5.69 Å². The Bertz CT molecular complexity index is 598. The van der Waals surface area contributed by atoms with E-state index in [1.165, 1.54) is 18.6 Å². The summed E-state index contributed by atoms with van der Waals surface area (Å²) < 4.78 is 11.4. The molecule has 3 aliphatic rings. The second kappa shape index (κ2) is 5.14. The third-order valence-electron chi connectivity index (χ3n) is 5.92. The van der Waals surface area contributed by atoms with Crippen molar-refractivity contribution in [3.63, 3.8) is 0 Å². The Morgan fingerprint density at radius 3 is 2.55 bits per heavy atom. The van der Waals surface area contributed by atoms with Crippen LogP contribution in [-0.4, -0.2) is 18.1 Å². The Hall–Kier alpha value is -1.78. The van der Waals surface area contributed by atoms with Crippen LogP contribution in [0, 0.1) is 33.3 Å². The van der Waals surface area contributed by atoms with Crippen LogP contribution in [0.1, 0.15) is 33.6 Å². The quantitative estimate of drug-likeness (QED) is 0.622. The number of hydrogen-bond donors (Lipinski definition) is 0. The van der Waals surface area contributed by atoms with Crippen LogP contribution in [0.25, 0.3) is 0 Å². The third-order valence-corrected chi connectivity index (χ3v) is 5.92. The van der Waals surface area contributed by atoms with Crippen LogP contribution in [0.4, 0.5) is 5.69 Å². The molecule has 0 heterocycles. The first-order valence-electron chi connectivity index (χ1n) is 7.83. The van der Waals surface area contributed by atoms with Crippen molar-refractivity contribution in [2.75, 3.05) is 7.11 Å². The Kier molecular flexibility index (Phi) is 3.54. The normalized spacial score (nSPS) is 32.0. The fraction of sp³-hybridized carbons (Fsp3) is 0.647. The molecule has 0 amide bonds. The fourth-order valence-corrected chi connectivity index (χ4v) is 4.29. The minimum Gasteiger partial charge on any atom is -0.493 e. The van der Waals surface area contributed by atoms with E-state index in [0.29, 0.717) is 34.7 Å². The number of benzene rings is 1. The zero-order valence-electron chi connectivity index (χ0n) is 13.5. The van der Waals surface area contributed by atoms with E-state index in [9.17, 15) is 10.1 Å². The fourth-order valence-electron chi connectivity index (χ4n) is 4.29. The monoisotopic (exact) mass is 305 g/mol. The minimum absolute atomic E-state index is 0.0322. The van der Waals surface area contributed by atoms with E-state index in [0.717, 1.165) is 6.42 Å². The molecule has 0 saturated heterocycles. The first kappa shape index (κ1) is 15.1. The molecule has 0 N–H and O–H groups in total. The van der Waals surface area contributed by atoms with Gasteiger partial charge >= 0.3 is 0 Å². The van der Waals surface area contributed by atoms with E-state index < -0.39 is 4.92 Å². The number of nitro benzene ring substituents is 1. The molecule has 1 aromatic carbocycles. The highest BCUT2D eigenvalue weighted by atomic mass is 16.6. The van der Waals surface area contributed by atoms with Gasteiger partial charge < -0.3 is 9.47 Å². The lowest BCUT2D eigenvalue weighted by Crippen LogP contribution is -2.57. The Balaban J connectivity index is 1.82. The second-order valence-corrected chi connectivity index (χ2v) is 7.20. The van der Waals surface area contributed by atoms with Crippen LogP contribution in [0.2, 0.25) is 0 Å². The van der Waals surface area contributed by atoms with Crippen LogP contribution in [0.15, 0.2) is 18.2 Å². The molecule has 4 rings (SSSR count). The SMILES string of the molecule is COc1ccc([N+](=O)[O-])cc1O[C@H]1C[C@@H]2C[C@H]([C@H]1C)C2(C)C. The molecule has 1 aromatic rings. The molecule has 0 aromatic heterocycles. The first-order valence-corrected chi connectivity index (χ1v) is 7.83. The molecule has 0 radical (unpaired) electrons. The lowest BCUT2D eigenvalue weighted by Gasteiger charge is -2.61. The molecule has 3 aliphatic carbocycles. The highest BCUT2D eigenvalue weighted by Gasteiger charge is 2.57. The molecule has 3 fully saturated rings. The Morgan fingerprint density at radius 1 is 1.27 bits per heavy atom. The van der Waals surface area contributed by atoms with Crippen molar-refractivity contribution in [1.82, 2.24) is 0 Å². The number of non-ortho nitro benzene ring substituents is 1. The molecule has 0 unspecified atom stereocenters. The largest absolute Gasteiger partial charge is 0.493 e. The summed E-state index contributed by atoms with van der Waals surface area (Å²) in [5.74, 6) is 2.83. The average molecular weight is 305 g/mol. The molecule has 22 heavy (non-hydrogen) atoms. The Labute approximate surface area is 130 Å². The zero-order valence-corrected chi connectivity index (χ0v) is 13.5. The van der Waals surface area contributed by atoms with Crippen molar-refractivity contribution in [2.45, 2.75) is 39.7 Å². The summed E-state index contributed by atoms with van der Waals surface area (Å²) in [5, 5.41) is 11.0. The summed E-state index contributed by atoms with van der Waals surface area (Å²) in [7, 11) is 1.55. The molecule has 0 aliphatic heterocycles. The smallest absolute Gasteiger partial charge is 0.273 e. The van der Waals surface area contributed by atoms with E-state index in [1.807, 2.05) is 0 Å². The van der Waals surface area contributed by atoms with Gasteiger partial charge in [-0.1, -0.05) is 20.8 Å². The van der Waals surface area contributed by atoms with Gasteiger partial charge in [-0.15, -0.1) is 0 Å². The van der Waals surface area contributed by atoms with E-state index in [-0.39, 0.29) is 11.8 Å². The number of rotatable bonds is 4. The summed E-state index contributed by atoms with van der Waals surface area (Å²) in [6.45, 7) is 6.91. The molecular weight excluding hydrogens is 282 g/mol. The van der Waals surface area contributed by atoms with Crippen molar-refractivity contribution in [2.24, 2.45) is 23.2 Å². The second-order valence-electron chi connectivity index (χ2n) is 7.20. The average Bonchev–Trinajstić information content (AvgIpc) is 2.48. The number of hydrogen-bond acceptors (Lipinski definition) is 4. The van der Waals surface area contributed by atoms with Gasteiger partial charge in [-0.2, -0.15) is 0 Å². The van der Waals surface area contributed by atoms with Crippen LogP contribution >= 0.6 is 0 Å². The summed E-state index contributed by atoms with van der Waals surface area (Å²) in [4.78, 5) is 10.6. The van der Waals surface area contributed by atoms with Gasteiger partial charge in [-0.25, -0.2) is 0 Å². The predicted octanol–water partition coefficient (Wildman–Crippen LogP) is 4.05. The van der Waals surface area contributed by atoms with Gasteiger partial charge in [0.15, 0.2) is 11.5 Å². The van der Waals surface area contributed by atoms with E-state index in [2.05, 4.69) is 20.8 Å². The van der Waals surface area contributed by atoms with E-state index >= 15 is 0 Å². The number of ether oxygens (including phenoxy) is 2. The van der Waals surface area contributed by atoms with Crippen LogP contribution < -0.4 is 9.47 Å². The maximum atomic E-state index is 11.0. The lowest BCUT2D eigenvalue weighted by molar-refractivity contribution is -0.385. The lowest BCUT2D eigenvalue weighted by atomic mass is 9.45. The molecular formula is C17H23NO4. The van der Waals surface area contributed by atoms with Crippen molar-refractivity contribution < 1.29 is 14.4 Å². The highest BCUT2D eigenvalue weighted by molar-refractivity contribution is 5.48. The zero-order chi connectivity index (χ0) is 16.1. The van der Waals surface area contributed by atoms with Crippen LogP contribution in [0.5, 0.6) is 11.5 Å². The standard InChI is InChI=1S/C17H23NO4/c1-10-13-7-11(17(13,2)3)8-15(10)22-16-9-12(18(19)20)5-6-14(16)21-4/h5-6,9-11,13,15H,7-8H2,1-4H3/t10-,11+,13-,15+/m1/s1. The molecule has 5 heteroatoms. The minimum atomic E-state index is -0.406. The van der Waals surface area contributed by atoms with Crippen molar-refractivity contribution in [3.8, 4) is 11.5 Å². The number of fused-ring (bicyclic) bond motifs is 2. The molecule has 4 atom stereocenters. The van der Waals surface area contributed by atoms with Crippen molar-refractivity contribution in [3.05, 3.63) is 28.3 Å². The summed E-state index contributed by atoms with van der Waals surface area (Å²) >= 11 is 0. The Morgan fingerprint density at radius 2 is 2.00 bits per heavy atom. The van der Waals surface area contributed by atoms with Gasteiger partial charge in [0.25, 0.3) is 5.69 Å². The van der Waals surface area contributed by atoms with E-state index in [1.54, 1.807) is 13.2 Å². The van der Waals surface area contributed by atoms with Crippen LogP contribution in [-0.2, 0) is 0 Å². The summed E-state index contributed by atoms with van der Waals surface area (Å²) in [6.07, 6.45) is 2.39. The number of methoxy groups -OCH3 is 1. The highest BCUT2D eigenvalue weighted by Crippen LogP contribution is 2.61. The van der Waals surface area contributed by atoms with Crippen molar-refractivity contribution in [1.29, 1.82) is 0 Å². The molecule has 120 valence electrons. The maximum absolute atomic E-state index is 11.0. The topological polar surface area (TPSA) is 61.6 Å². The van der Waals surface area contributed by atoms with Gasteiger partial charge in [-0.05, 0) is 42.1 Å². The van der Waals surface area contributed by atoms with Crippen LogP contribution in [0.3, 0.4) is 0 Å². The molecule has 2 bridgehead atoms. The summed E-state index contributed by atoms with van der Waals surface area (Å²) in [5.41, 5.74) is 0.427. The van der Waals surface area contributed by atoms with Gasteiger partial charge in [0, 0.05) is 6.07 Å². The predicted molar refractivity (Wildman–Crippen MR) is 83.2 cm³/mol. The molecule has 5 nitrogen and oxygen atoms in total. The third kappa shape index (κ3) is 2.23. The molecule has 0 spiro atoms. The maximum Gasteiger partial charge on any atom is 0.273 e. The first-order chi connectivity index (χ1) is 10.3. The van der Waals surface area contributed by atoms with Gasteiger partial charge in [0.1, 0.15) is 6.10 Å². The van der Waals surface area contributed by atoms with Gasteiger partial charge in [0.2, 0.25) is 0 Å². The summed E-state index contributed by atoms with van der Waals surface area (Å²) in [6, 6.07) is 4.51. The number of nitrogens with zero attached hydrogens (tertiary/aromatic N) is 1.